The Labute approximate surface area is 118 Å². The molecule has 20 heavy (non-hydrogen) atoms. The van der Waals surface area contributed by atoms with Gasteiger partial charge in [0.25, 0.3) is 0 Å². The average Bonchev–Trinajstić information content (AvgIpc) is 2.37. The molecule has 2 nitrogen and oxygen atoms in total. The second-order valence-electron chi connectivity index (χ2n) is 4.21. The van der Waals surface area contributed by atoms with E-state index in [-0.39, 0.29) is 5.56 Å². The van der Waals surface area contributed by atoms with E-state index in [4.69, 9.17) is 11.6 Å². The predicted molar refractivity (Wildman–Crippen MR) is 68.9 cm³/mol. The summed E-state index contributed by atoms with van der Waals surface area (Å²) in [5.74, 6) is -0.723. The van der Waals surface area contributed by atoms with Crippen LogP contribution in [0.2, 0.25) is 5.02 Å². The maximum Gasteiger partial charge on any atom is 0.417 e. The largest absolute Gasteiger partial charge is 0.417 e. The van der Waals surface area contributed by atoms with Gasteiger partial charge in [-0.15, -0.1) is 0 Å². The highest BCUT2D eigenvalue weighted by atomic mass is 35.5. The normalized spacial score (nSPS) is 11.4. The molecule has 0 amide bonds. The van der Waals surface area contributed by atoms with E-state index in [2.05, 4.69) is 4.98 Å². The summed E-state index contributed by atoms with van der Waals surface area (Å²) in [5.41, 5.74) is -0.773. The first-order chi connectivity index (χ1) is 9.30. The fraction of sp³-hybridized carbons (Fsp3) is 0.143. The van der Waals surface area contributed by atoms with Crippen LogP contribution in [-0.4, -0.2) is 10.8 Å². The summed E-state index contributed by atoms with van der Waals surface area (Å²) in [6.45, 7) is 1.61. The fourth-order valence-corrected chi connectivity index (χ4v) is 2.08. The van der Waals surface area contributed by atoms with Crippen molar-refractivity contribution in [1.82, 2.24) is 4.98 Å². The molecule has 2 rings (SSSR count). The summed E-state index contributed by atoms with van der Waals surface area (Å²) >= 11 is 5.77. The molecule has 0 aliphatic heterocycles. The van der Waals surface area contributed by atoms with Gasteiger partial charge in [-0.2, -0.15) is 13.2 Å². The summed E-state index contributed by atoms with van der Waals surface area (Å²) < 4.78 is 38.7. The van der Waals surface area contributed by atoms with Crippen molar-refractivity contribution in [3.63, 3.8) is 0 Å². The smallest absolute Gasteiger partial charge is 0.289 e. The molecule has 6 heteroatoms. The third-order valence-corrected chi connectivity index (χ3v) is 3.04. The molecule has 0 atom stereocenters. The lowest BCUT2D eigenvalue weighted by Gasteiger charge is -2.12. The number of aromatic nitrogens is 1. The molecule has 104 valence electrons. The highest BCUT2D eigenvalue weighted by Crippen LogP contribution is 2.32. The Morgan fingerprint density at radius 2 is 1.90 bits per heavy atom. The number of benzene rings is 1. The number of carbonyl (C=O) groups excluding carboxylic acids is 1. The van der Waals surface area contributed by atoms with Gasteiger partial charge >= 0.3 is 6.18 Å². The minimum Gasteiger partial charge on any atom is -0.289 e. The first kappa shape index (κ1) is 14.5. The average molecular weight is 300 g/mol. The van der Waals surface area contributed by atoms with Gasteiger partial charge in [-0.3, -0.25) is 9.78 Å². The number of alkyl halides is 3. The molecule has 1 aromatic heterocycles. The van der Waals surface area contributed by atoms with Crippen molar-refractivity contribution in [3.8, 4) is 0 Å². The summed E-state index contributed by atoms with van der Waals surface area (Å²) in [7, 11) is 0. The number of carbonyl (C=O) groups is 1. The quantitative estimate of drug-likeness (QED) is 0.774. The van der Waals surface area contributed by atoms with Gasteiger partial charge < -0.3 is 0 Å². The summed E-state index contributed by atoms with van der Waals surface area (Å²) in [6.07, 6.45) is -2.66. The zero-order chi connectivity index (χ0) is 14.9. The minimum atomic E-state index is -4.60. The van der Waals surface area contributed by atoms with Crippen LogP contribution in [0.15, 0.2) is 36.7 Å². The first-order valence-corrected chi connectivity index (χ1v) is 6.00. The van der Waals surface area contributed by atoms with Crippen LogP contribution in [0.5, 0.6) is 0 Å². The van der Waals surface area contributed by atoms with Crippen LogP contribution in [0.25, 0.3) is 0 Å². The Kier molecular flexibility index (Phi) is 3.81. The van der Waals surface area contributed by atoms with Crippen molar-refractivity contribution < 1.29 is 18.0 Å². The maximum absolute atomic E-state index is 12.9. The van der Waals surface area contributed by atoms with Crippen molar-refractivity contribution in [2.75, 3.05) is 0 Å². The van der Waals surface area contributed by atoms with E-state index in [1.54, 1.807) is 6.92 Å². The van der Waals surface area contributed by atoms with E-state index in [1.165, 1.54) is 18.2 Å². The Morgan fingerprint density at radius 1 is 1.20 bits per heavy atom. The number of aryl methyl sites for hydroxylation is 1. The molecule has 0 N–H and O–H groups in total. The molecular formula is C14H9ClF3NO. The standard InChI is InChI=1S/C14H9ClF3NO/c1-8-6-9(15)2-3-10(8)13(20)11-7-19-5-4-12(11)14(16,17)18/h2-7H,1H3. The molecule has 0 radical (unpaired) electrons. The van der Waals surface area contributed by atoms with Crippen molar-refractivity contribution in [2.45, 2.75) is 13.1 Å². The lowest BCUT2D eigenvalue weighted by molar-refractivity contribution is -0.137. The van der Waals surface area contributed by atoms with Crippen molar-refractivity contribution >= 4 is 17.4 Å². The topological polar surface area (TPSA) is 30.0 Å². The minimum absolute atomic E-state index is 0.174. The molecule has 0 fully saturated rings. The molecule has 0 saturated carbocycles. The van der Waals surface area contributed by atoms with E-state index >= 15 is 0 Å². The van der Waals surface area contributed by atoms with E-state index in [0.29, 0.717) is 10.6 Å². The summed E-state index contributed by atoms with van der Waals surface area (Å²) in [4.78, 5) is 15.9. The van der Waals surface area contributed by atoms with Crippen LogP contribution >= 0.6 is 11.6 Å². The molecule has 0 unspecified atom stereocenters. The lowest BCUT2D eigenvalue weighted by atomic mass is 9.97. The second kappa shape index (κ2) is 5.25. The lowest BCUT2D eigenvalue weighted by Crippen LogP contribution is -2.14. The van der Waals surface area contributed by atoms with Gasteiger partial charge in [0, 0.05) is 23.0 Å². The van der Waals surface area contributed by atoms with Crippen LogP contribution in [0.4, 0.5) is 13.2 Å². The zero-order valence-corrected chi connectivity index (χ0v) is 11.1. The Bertz CT molecular complexity index is 668. The van der Waals surface area contributed by atoms with E-state index < -0.39 is 23.1 Å². The highest BCUT2D eigenvalue weighted by Gasteiger charge is 2.35. The summed E-state index contributed by atoms with van der Waals surface area (Å²) in [6, 6.07) is 5.19. The molecule has 0 aliphatic carbocycles. The van der Waals surface area contributed by atoms with Crippen molar-refractivity contribution in [2.24, 2.45) is 0 Å². The third-order valence-electron chi connectivity index (χ3n) is 2.80. The van der Waals surface area contributed by atoms with Crippen LogP contribution in [-0.2, 0) is 6.18 Å². The Balaban J connectivity index is 2.55. The first-order valence-electron chi connectivity index (χ1n) is 5.63. The van der Waals surface area contributed by atoms with Crippen LogP contribution in [0.1, 0.15) is 27.0 Å². The number of halogens is 4. The van der Waals surface area contributed by atoms with Gasteiger partial charge in [0.05, 0.1) is 11.1 Å². The Hall–Kier alpha value is -1.88. The fourth-order valence-electron chi connectivity index (χ4n) is 1.85. The second-order valence-corrected chi connectivity index (χ2v) is 4.64. The van der Waals surface area contributed by atoms with Gasteiger partial charge in [0.2, 0.25) is 0 Å². The van der Waals surface area contributed by atoms with Crippen molar-refractivity contribution in [1.29, 1.82) is 0 Å². The summed E-state index contributed by atoms with van der Waals surface area (Å²) in [5, 5.41) is 0.418. The number of ketones is 1. The van der Waals surface area contributed by atoms with Crippen molar-refractivity contribution in [3.05, 3.63) is 63.9 Å². The molecule has 2 aromatic rings. The van der Waals surface area contributed by atoms with Gasteiger partial charge in [-0.25, -0.2) is 0 Å². The van der Waals surface area contributed by atoms with E-state index in [0.717, 1.165) is 18.5 Å². The molecular weight excluding hydrogens is 291 g/mol. The van der Waals surface area contributed by atoms with Crippen LogP contribution in [0.3, 0.4) is 0 Å². The van der Waals surface area contributed by atoms with E-state index in [1.807, 2.05) is 0 Å². The molecule has 0 bridgehead atoms. The predicted octanol–water partition coefficient (Wildman–Crippen LogP) is 4.29. The number of rotatable bonds is 2. The SMILES string of the molecule is Cc1cc(Cl)ccc1C(=O)c1cnccc1C(F)(F)F. The zero-order valence-electron chi connectivity index (χ0n) is 10.3. The number of pyridine rings is 1. The Morgan fingerprint density at radius 3 is 2.50 bits per heavy atom. The van der Waals surface area contributed by atoms with Gasteiger partial charge in [-0.05, 0) is 36.8 Å². The number of hydrogen-bond donors (Lipinski definition) is 0. The number of nitrogens with zero attached hydrogens (tertiary/aromatic N) is 1. The number of hydrogen-bond acceptors (Lipinski definition) is 2. The van der Waals surface area contributed by atoms with Crippen LogP contribution < -0.4 is 0 Å². The van der Waals surface area contributed by atoms with Gasteiger partial charge in [-0.1, -0.05) is 11.6 Å². The van der Waals surface area contributed by atoms with E-state index in [9.17, 15) is 18.0 Å². The van der Waals surface area contributed by atoms with Gasteiger partial charge in [0.15, 0.2) is 5.78 Å². The molecule has 0 aliphatic rings. The maximum atomic E-state index is 12.9. The molecule has 0 spiro atoms. The molecule has 1 heterocycles. The molecule has 0 saturated heterocycles. The monoisotopic (exact) mass is 299 g/mol. The highest BCUT2D eigenvalue weighted by molar-refractivity contribution is 6.30. The van der Waals surface area contributed by atoms with Gasteiger partial charge in [0.1, 0.15) is 0 Å². The molecule has 1 aromatic carbocycles. The van der Waals surface area contributed by atoms with Crippen LogP contribution in [0, 0.1) is 6.92 Å². The third kappa shape index (κ3) is 2.82.